The molecule has 0 aliphatic heterocycles. The molecule has 0 unspecified atom stereocenters. The zero-order chi connectivity index (χ0) is 8.69. The number of hydrogen-bond donors (Lipinski definition) is 0. The average molecular weight is 202 g/mol. The van der Waals surface area contributed by atoms with Crippen molar-refractivity contribution in [2.24, 2.45) is 0 Å². The first-order chi connectivity index (χ1) is 5.13. The van der Waals surface area contributed by atoms with Gasteiger partial charge in [0, 0.05) is 5.97 Å². The van der Waals surface area contributed by atoms with E-state index in [4.69, 9.17) is 0 Å². The van der Waals surface area contributed by atoms with Crippen molar-refractivity contribution >= 4 is 11.9 Å². The maximum absolute atomic E-state index is 9.83. The van der Waals surface area contributed by atoms with E-state index >= 15 is 0 Å². The fourth-order valence-electron chi connectivity index (χ4n) is 0.544. The summed E-state index contributed by atoms with van der Waals surface area (Å²) >= 11 is 0. The third-order valence-electron chi connectivity index (χ3n) is 1.01. The predicted molar refractivity (Wildman–Crippen MR) is 33.0 cm³/mol. The van der Waals surface area contributed by atoms with Crippen molar-refractivity contribution in [3.05, 3.63) is 12.2 Å². The van der Waals surface area contributed by atoms with Crippen LogP contribution in [0.1, 0.15) is 19.3 Å². The average Bonchev–Trinajstić information content (AvgIpc) is 1.85. The Labute approximate surface area is 121 Å². The van der Waals surface area contributed by atoms with E-state index in [9.17, 15) is 19.8 Å². The quantitative estimate of drug-likeness (QED) is 0.252. The van der Waals surface area contributed by atoms with E-state index in [0.29, 0.717) is 12.8 Å². The van der Waals surface area contributed by atoms with Gasteiger partial charge in [-0.05, 0) is 25.3 Å². The molecule has 0 aliphatic rings. The summed E-state index contributed by atoms with van der Waals surface area (Å²) in [5.74, 6) is -2.38. The minimum atomic E-state index is -1.27. The Morgan fingerprint density at radius 1 is 1.15 bits per heavy atom. The molecule has 6 heteroatoms. The first kappa shape index (κ1) is 19.3. The molecule has 4 nitrogen and oxygen atoms in total. The van der Waals surface area contributed by atoms with Crippen molar-refractivity contribution in [2.75, 3.05) is 0 Å². The van der Waals surface area contributed by atoms with Crippen LogP contribution in [0, 0.1) is 0 Å². The molecule has 0 aliphatic carbocycles. The smallest absolute Gasteiger partial charge is 0.550 e. The molecule has 13 heavy (non-hydrogen) atoms. The molecule has 0 N–H and O–H groups in total. The van der Waals surface area contributed by atoms with Crippen LogP contribution in [0.25, 0.3) is 0 Å². The second kappa shape index (κ2) is 12.7. The molecule has 0 aromatic heterocycles. The molecule has 0 spiro atoms. The summed E-state index contributed by atoms with van der Waals surface area (Å²) in [4.78, 5) is 19.6. The Morgan fingerprint density at radius 2 is 1.69 bits per heavy atom. The monoisotopic (exact) mass is 202 g/mol. The molecule has 0 heterocycles. The molecular weight excluding hydrogens is 194 g/mol. The van der Waals surface area contributed by atoms with Crippen LogP contribution in [0.4, 0.5) is 0 Å². The Bertz CT molecular complexity index is 179. The van der Waals surface area contributed by atoms with Crippen LogP contribution >= 0.6 is 0 Å². The van der Waals surface area contributed by atoms with Gasteiger partial charge < -0.3 is 19.8 Å². The molecule has 0 aromatic carbocycles. The Morgan fingerprint density at radius 3 is 2.08 bits per heavy atom. The molecule has 0 saturated carbocycles. The summed E-state index contributed by atoms with van der Waals surface area (Å²) < 4.78 is 0. The Balaban J connectivity index is -0.000000500. The molecule has 0 radical (unpaired) electrons. The normalized spacial score (nSPS) is 8.62. The molecule has 0 bridgehead atoms. The number of carbonyl (C=O) groups excluding carboxylic acids is 2. The predicted octanol–water partition coefficient (Wildman–Crippen LogP) is -7.78. The van der Waals surface area contributed by atoms with Crippen LogP contribution in [0.5, 0.6) is 0 Å². The van der Waals surface area contributed by atoms with Gasteiger partial charge in [0.25, 0.3) is 0 Å². The minimum Gasteiger partial charge on any atom is -0.550 e. The summed E-state index contributed by atoms with van der Waals surface area (Å²) in [6.07, 6.45) is 3.01. The van der Waals surface area contributed by atoms with Gasteiger partial charge in [0.05, 0.1) is 5.97 Å². The van der Waals surface area contributed by atoms with E-state index in [2.05, 4.69) is 0 Å². The van der Waals surface area contributed by atoms with Crippen molar-refractivity contribution in [3.63, 3.8) is 0 Å². The first-order valence-corrected chi connectivity index (χ1v) is 3.20. The summed E-state index contributed by atoms with van der Waals surface area (Å²) in [6.45, 7) is 0. The van der Waals surface area contributed by atoms with E-state index in [1.165, 1.54) is 6.08 Å². The molecule has 62 valence electrons. The first-order valence-electron chi connectivity index (χ1n) is 3.20. The van der Waals surface area contributed by atoms with E-state index in [1.54, 1.807) is 0 Å². The maximum atomic E-state index is 9.83. The van der Waals surface area contributed by atoms with E-state index in [1.807, 2.05) is 0 Å². The summed E-state index contributed by atoms with van der Waals surface area (Å²) in [5, 5.41) is 19.6. The molecule has 0 rings (SSSR count). The van der Waals surface area contributed by atoms with Gasteiger partial charge in [-0.25, -0.2) is 0 Å². The second-order valence-electron chi connectivity index (χ2n) is 1.99. The number of aliphatic carboxylic acids is 2. The van der Waals surface area contributed by atoms with Crippen molar-refractivity contribution in [1.29, 1.82) is 0 Å². The van der Waals surface area contributed by atoms with Crippen molar-refractivity contribution in [3.8, 4) is 0 Å². The largest absolute Gasteiger partial charge is 1.00 e. The number of hydrogen-bond acceptors (Lipinski definition) is 4. The third-order valence-corrected chi connectivity index (χ3v) is 1.01. The van der Waals surface area contributed by atoms with Crippen molar-refractivity contribution < 1.29 is 78.9 Å². The molecule has 0 atom stereocenters. The standard InChI is InChI=1S/C7H10O4.2Na/c8-6(9)4-2-1-3-5-7(10)11;;/h2,4H,1,3,5H2,(H,8,9)(H,10,11);;/q;2*+1/p-2. The third kappa shape index (κ3) is 19.2. The van der Waals surface area contributed by atoms with Crippen LogP contribution in [-0.4, -0.2) is 11.9 Å². The van der Waals surface area contributed by atoms with Gasteiger partial charge in [-0.15, -0.1) is 0 Å². The van der Waals surface area contributed by atoms with Crippen molar-refractivity contribution in [1.82, 2.24) is 0 Å². The number of unbranched alkanes of at least 4 members (excludes halogenated alkanes) is 1. The van der Waals surface area contributed by atoms with Crippen LogP contribution in [-0.2, 0) is 9.59 Å². The number of allylic oxidation sites excluding steroid dienone is 1. The van der Waals surface area contributed by atoms with Gasteiger partial charge in [0.2, 0.25) is 0 Å². The molecule has 0 fully saturated rings. The van der Waals surface area contributed by atoms with E-state index in [-0.39, 0.29) is 65.5 Å². The molecule has 0 amide bonds. The van der Waals surface area contributed by atoms with Gasteiger partial charge in [-0.2, -0.15) is 0 Å². The van der Waals surface area contributed by atoms with Crippen LogP contribution in [0.3, 0.4) is 0 Å². The molecular formula is C7H8Na2O4. The Hall–Kier alpha value is 0.680. The van der Waals surface area contributed by atoms with Gasteiger partial charge >= 0.3 is 59.1 Å². The molecule has 0 saturated heterocycles. The summed E-state index contributed by atoms with van der Waals surface area (Å²) in [6, 6.07) is 0. The van der Waals surface area contributed by atoms with Gasteiger partial charge in [0.1, 0.15) is 0 Å². The number of carboxylic acid groups (broad SMARTS) is 2. The van der Waals surface area contributed by atoms with Crippen LogP contribution in [0.15, 0.2) is 12.2 Å². The van der Waals surface area contributed by atoms with E-state index in [0.717, 1.165) is 6.08 Å². The minimum absolute atomic E-state index is 0. The second-order valence-corrected chi connectivity index (χ2v) is 1.99. The summed E-state index contributed by atoms with van der Waals surface area (Å²) in [7, 11) is 0. The van der Waals surface area contributed by atoms with Gasteiger partial charge in [-0.3, -0.25) is 0 Å². The van der Waals surface area contributed by atoms with Crippen molar-refractivity contribution in [2.45, 2.75) is 19.3 Å². The molecule has 0 aromatic rings. The fraction of sp³-hybridized carbons (Fsp3) is 0.429. The zero-order valence-corrected chi connectivity index (χ0v) is 11.9. The van der Waals surface area contributed by atoms with Crippen LogP contribution in [0.2, 0.25) is 0 Å². The fourth-order valence-corrected chi connectivity index (χ4v) is 0.544. The number of carbonyl (C=O) groups is 2. The Kier molecular flexibility index (Phi) is 18.8. The SMILES string of the molecule is O=C([O-])C=CCCCC(=O)[O-].[Na+].[Na+]. The summed E-state index contributed by atoms with van der Waals surface area (Å²) in [5.41, 5.74) is 0. The van der Waals surface area contributed by atoms with Crippen LogP contribution < -0.4 is 69.3 Å². The zero-order valence-electron chi connectivity index (χ0n) is 7.91. The van der Waals surface area contributed by atoms with Gasteiger partial charge in [0.15, 0.2) is 0 Å². The number of carboxylic acids is 2. The number of rotatable bonds is 5. The maximum Gasteiger partial charge on any atom is 1.00 e. The van der Waals surface area contributed by atoms with Gasteiger partial charge in [-0.1, -0.05) is 6.08 Å². The topological polar surface area (TPSA) is 80.3 Å². The van der Waals surface area contributed by atoms with E-state index < -0.39 is 11.9 Å².